The standard InChI is InChI=1S/C17H24F3N5S/c1-5-21-15(23-11-16(2,3)13-7-6-8-26-13)22-9-12-10-25(4)24-14(12)17(18,19)20/h6-8,10H,5,9,11H2,1-4H3,(H2,21,22,23). The van der Waals surface area contributed by atoms with E-state index in [2.05, 4.69) is 40.6 Å². The average molecular weight is 387 g/mol. The first kappa shape index (κ1) is 20.3. The van der Waals surface area contributed by atoms with Crippen molar-refractivity contribution in [1.29, 1.82) is 0 Å². The van der Waals surface area contributed by atoms with Crippen molar-refractivity contribution in [2.24, 2.45) is 12.0 Å². The van der Waals surface area contributed by atoms with E-state index in [0.717, 1.165) is 4.68 Å². The van der Waals surface area contributed by atoms with Crippen molar-refractivity contribution < 1.29 is 13.2 Å². The summed E-state index contributed by atoms with van der Waals surface area (Å²) in [6.07, 6.45) is -3.13. The molecule has 0 atom stereocenters. The summed E-state index contributed by atoms with van der Waals surface area (Å²) in [5.41, 5.74) is -0.955. The zero-order chi connectivity index (χ0) is 19.4. The molecule has 0 aliphatic heterocycles. The van der Waals surface area contributed by atoms with E-state index >= 15 is 0 Å². The summed E-state index contributed by atoms with van der Waals surface area (Å²) in [4.78, 5) is 5.53. The van der Waals surface area contributed by atoms with Crippen molar-refractivity contribution in [3.8, 4) is 0 Å². The summed E-state index contributed by atoms with van der Waals surface area (Å²) < 4.78 is 40.3. The predicted molar refractivity (Wildman–Crippen MR) is 98.4 cm³/mol. The van der Waals surface area contributed by atoms with E-state index in [1.165, 1.54) is 18.1 Å². The SMILES string of the molecule is CCNC(=NCc1cn(C)nc1C(F)(F)F)NCC(C)(C)c1cccs1. The van der Waals surface area contributed by atoms with Gasteiger partial charge in [-0.15, -0.1) is 11.3 Å². The molecule has 0 saturated carbocycles. The second-order valence-corrected chi connectivity index (χ2v) is 7.53. The Labute approximate surface area is 155 Å². The summed E-state index contributed by atoms with van der Waals surface area (Å²) in [7, 11) is 1.47. The van der Waals surface area contributed by atoms with Crippen LogP contribution in [0.4, 0.5) is 13.2 Å². The molecule has 0 bridgehead atoms. The Hall–Kier alpha value is -2.03. The number of aliphatic imine (C=N–C) groups is 1. The molecule has 144 valence electrons. The lowest BCUT2D eigenvalue weighted by atomic mass is 9.91. The number of nitrogens with zero attached hydrogens (tertiary/aromatic N) is 3. The Morgan fingerprint density at radius 1 is 1.31 bits per heavy atom. The smallest absolute Gasteiger partial charge is 0.357 e. The number of alkyl halides is 3. The molecule has 0 radical (unpaired) electrons. The van der Waals surface area contributed by atoms with E-state index in [4.69, 9.17) is 0 Å². The fraction of sp³-hybridized carbons (Fsp3) is 0.529. The maximum atomic E-state index is 13.0. The number of aromatic nitrogens is 2. The van der Waals surface area contributed by atoms with Crippen LogP contribution in [-0.4, -0.2) is 28.8 Å². The van der Waals surface area contributed by atoms with E-state index < -0.39 is 11.9 Å². The van der Waals surface area contributed by atoms with Gasteiger partial charge >= 0.3 is 6.18 Å². The van der Waals surface area contributed by atoms with Crippen LogP contribution in [0.3, 0.4) is 0 Å². The number of hydrogen-bond acceptors (Lipinski definition) is 3. The minimum atomic E-state index is -4.49. The third-order valence-electron chi connectivity index (χ3n) is 3.81. The highest BCUT2D eigenvalue weighted by Gasteiger charge is 2.36. The van der Waals surface area contributed by atoms with Crippen LogP contribution in [0.5, 0.6) is 0 Å². The number of thiophene rings is 1. The summed E-state index contributed by atoms with van der Waals surface area (Å²) in [6, 6.07) is 4.07. The van der Waals surface area contributed by atoms with Crippen LogP contribution in [0.25, 0.3) is 0 Å². The Morgan fingerprint density at radius 2 is 2.04 bits per heavy atom. The molecular weight excluding hydrogens is 363 g/mol. The van der Waals surface area contributed by atoms with Crippen molar-refractivity contribution in [1.82, 2.24) is 20.4 Å². The highest BCUT2D eigenvalue weighted by molar-refractivity contribution is 7.10. The van der Waals surface area contributed by atoms with Crippen molar-refractivity contribution in [2.75, 3.05) is 13.1 Å². The molecule has 2 aromatic rings. The number of guanidine groups is 1. The Kier molecular flexibility index (Phi) is 6.33. The van der Waals surface area contributed by atoms with Crippen LogP contribution >= 0.6 is 11.3 Å². The number of hydrogen-bond donors (Lipinski definition) is 2. The molecule has 0 aromatic carbocycles. The molecule has 0 fully saturated rings. The van der Waals surface area contributed by atoms with Gasteiger partial charge in [0.25, 0.3) is 0 Å². The molecular formula is C17H24F3N5S. The molecule has 2 aromatic heterocycles. The Balaban J connectivity index is 2.10. The lowest BCUT2D eigenvalue weighted by molar-refractivity contribution is -0.142. The molecule has 5 nitrogen and oxygen atoms in total. The van der Waals surface area contributed by atoms with Crippen molar-refractivity contribution in [2.45, 2.75) is 38.9 Å². The van der Waals surface area contributed by atoms with Crippen LogP contribution in [0.2, 0.25) is 0 Å². The van der Waals surface area contributed by atoms with Gasteiger partial charge in [-0.25, -0.2) is 4.99 Å². The number of nitrogens with one attached hydrogen (secondary N) is 2. The van der Waals surface area contributed by atoms with Gasteiger partial charge in [0.1, 0.15) is 0 Å². The Bertz CT molecular complexity index is 732. The van der Waals surface area contributed by atoms with E-state index in [1.54, 1.807) is 11.3 Å². The molecule has 2 heterocycles. The normalized spacial score (nSPS) is 13.1. The number of halogens is 3. The Morgan fingerprint density at radius 3 is 2.62 bits per heavy atom. The monoisotopic (exact) mass is 387 g/mol. The molecule has 0 spiro atoms. The zero-order valence-electron chi connectivity index (χ0n) is 15.3. The van der Waals surface area contributed by atoms with Crippen molar-refractivity contribution in [3.63, 3.8) is 0 Å². The summed E-state index contributed by atoms with van der Waals surface area (Å²) >= 11 is 1.68. The highest BCUT2D eigenvalue weighted by atomic mass is 32.1. The van der Waals surface area contributed by atoms with Crippen LogP contribution in [-0.2, 0) is 25.2 Å². The lowest BCUT2D eigenvalue weighted by Crippen LogP contribution is -2.43. The van der Waals surface area contributed by atoms with E-state index in [9.17, 15) is 13.2 Å². The highest BCUT2D eigenvalue weighted by Crippen LogP contribution is 2.31. The fourth-order valence-corrected chi connectivity index (χ4v) is 3.31. The van der Waals surface area contributed by atoms with Gasteiger partial charge in [-0.05, 0) is 18.4 Å². The van der Waals surface area contributed by atoms with Crippen molar-refractivity contribution >= 4 is 17.3 Å². The first-order valence-electron chi connectivity index (χ1n) is 8.29. The fourth-order valence-electron chi connectivity index (χ4n) is 2.45. The number of rotatable bonds is 6. The first-order chi connectivity index (χ1) is 12.1. The zero-order valence-corrected chi connectivity index (χ0v) is 16.1. The third-order valence-corrected chi connectivity index (χ3v) is 5.05. The molecule has 0 unspecified atom stereocenters. The molecule has 9 heteroatoms. The van der Waals surface area contributed by atoms with Crippen LogP contribution in [0, 0.1) is 0 Å². The molecule has 0 saturated heterocycles. The molecule has 2 N–H and O–H groups in total. The van der Waals surface area contributed by atoms with Gasteiger partial charge in [0.05, 0.1) is 6.54 Å². The molecule has 26 heavy (non-hydrogen) atoms. The van der Waals surface area contributed by atoms with E-state index in [1.807, 2.05) is 18.4 Å². The van der Waals surface area contributed by atoms with E-state index in [-0.39, 0.29) is 17.5 Å². The second kappa shape index (κ2) is 8.11. The van der Waals surface area contributed by atoms with Gasteiger partial charge < -0.3 is 10.6 Å². The third kappa shape index (κ3) is 5.23. The molecule has 0 aliphatic rings. The molecule has 0 amide bonds. The van der Waals surface area contributed by atoms with Gasteiger partial charge in [-0.1, -0.05) is 19.9 Å². The van der Waals surface area contributed by atoms with Crippen LogP contribution in [0.1, 0.15) is 36.9 Å². The maximum Gasteiger partial charge on any atom is 0.435 e. The molecule has 2 rings (SSSR count). The van der Waals surface area contributed by atoms with Crippen LogP contribution in [0.15, 0.2) is 28.7 Å². The average Bonchev–Trinajstić information content (AvgIpc) is 3.19. The lowest BCUT2D eigenvalue weighted by Gasteiger charge is -2.25. The van der Waals surface area contributed by atoms with Crippen LogP contribution < -0.4 is 10.6 Å². The maximum absolute atomic E-state index is 13.0. The van der Waals surface area contributed by atoms with Gasteiger partial charge in [-0.3, -0.25) is 4.68 Å². The van der Waals surface area contributed by atoms with Gasteiger partial charge in [0.15, 0.2) is 11.7 Å². The number of aryl methyl sites for hydroxylation is 1. The van der Waals surface area contributed by atoms with E-state index in [0.29, 0.717) is 19.0 Å². The minimum Gasteiger partial charge on any atom is -0.357 e. The molecule has 0 aliphatic carbocycles. The summed E-state index contributed by atoms with van der Waals surface area (Å²) in [5.74, 6) is 0.481. The topological polar surface area (TPSA) is 54.2 Å². The second-order valence-electron chi connectivity index (χ2n) is 6.58. The summed E-state index contributed by atoms with van der Waals surface area (Å²) in [5, 5.41) is 11.8. The van der Waals surface area contributed by atoms with Gasteiger partial charge in [0.2, 0.25) is 0 Å². The van der Waals surface area contributed by atoms with Gasteiger partial charge in [0, 0.05) is 42.2 Å². The van der Waals surface area contributed by atoms with Gasteiger partial charge in [-0.2, -0.15) is 18.3 Å². The summed E-state index contributed by atoms with van der Waals surface area (Å²) in [6.45, 7) is 7.25. The largest absolute Gasteiger partial charge is 0.435 e. The minimum absolute atomic E-state index is 0.0507. The predicted octanol–water partition coefficient (Wildman–Crippen LogP) is 3.53. The first-order valence-corrected chi connectivity index (χ1v) is 9.17. The quantitative estimate of drug-likeness (QED) is 0.589. The van der Waals surface area contributed by atoms with Crippen molar-refractivity contribution in [3.05, 3.63) is 39.8 Å².